The zero-order chi connectivity index (χ0) is 10.9. The third kappa shape index (κ3) is 2.01. The normalized spacial score (nSPS) is 40.7. The number of hydrogen-bond acceptors (Lipinski definition) is 4. The topological polar surface area (TPSA) is 55.8 Å². The summed E-state index contributed by atoms with van der Waals surface area (Å²) in [6.07, 6.45) is 5.72. The van der Waals surface area contributed by atoms with Gasteiger partial charge in [-0.1, -0.05) is 12.8 Å². The van der Waals surface area contributed by atoms with Crippen molar-refractivity contribution in [3.05, 3.63) is 0 Å². The highest BCUT2D eigenvalue weighted by molar-refractivity contribution is 5.77. The quantitative estimate of drug-likeness (QED) is 0.667. The maximum absolute atomic E-state index is 11.4. The van der Waals surface area contributed by atoms with Gasteiger partial charge < -0.3 is 14.6 Å². The average molecular weight is 214 g/mol. The van der Waals surface area contributed by atoms with Crippen LogP contribution in [0.15, 0.2) is 0 Å². The second kappa shape index (κ2) is 4.10. The van der Waals surface area contributed by atoms with Gasteiger partial charge in [0.25, 0.3) is 5.79 Å². The Hall–Kier alpha value is -0.610. The van der Waals surface area contributed by atoms with E-state index in [0.29, 0.717) is 12.3 Å². The molecule has 1 N–H and O–H groups in total. The first-order valence-electron chi connectivity index (χ1n) is 5.64. The number of hydrogen-bond donors (Lipinski definition) is 1. The smallest absolute Gasteiger partial charge is 0.366 e. The number of carbonyl (C=O) groups is 1. The number of fused-ring (bicyclic) bond motifs is 1. The lowest BCUT2D eigenvalue weighted by Gasteiger charge is -2.42. The summed E-state index contributed by atoms with van der Waals surface area (Å²) in [4.78, 5) is 11.4. The second-order valence-electron chi connectivity index (χ2n) is 4.52. The maximum atomic E-state index is 11.4. The fourth-order valence-electron chi connectivity index (χ4n) is 2.66. The molecule has 15 heavy (non-hydrogen) atoms. The highest BCUT2D eigenvalue weighted by atomic mass is 16.7. The molecule has 4 heteroatoms. The van der Waals surface area contributed by atoms with Crippen molar-refractivity contribution in [1.29, 1.82) is 0 Å². The molecule has 1 saturated heterocycles. The van der Waals surface area contributed by atoms with E-state index in [-0.39, 0.29) is 6.10 Å². The van der Waals surface area contributed by atoms with Crippen LogP contribution >= 0.6 is 0 Å². The molecule has 1 aliphatic heterocycles. The van der Waals surface area contributed by atoms with Gasteiger partial charge in [-0.25, -0.2) is 4.79 Å². The Morgan fingerprint density at radius 2 is 2.13 bits per heavy atom. The summed E-state index contributed by atoms with van der Waals surface area (Å²) in [5, 5.41) is 9.98. The van der Waals surface area contributed by atoms with E-state index in [1.807, 2.05) is 0 Å². The van der Waals surface area contributed by atoms with E-state index in [1.165, 1.54) is 13.5 Å². The Morgan fingerprint density at radius 1 is 1.40 bits per heavy atom. The summed E-state index contributed by atoms with van der Waals surface area (Å²) in [6.45, 7) is 0. The van der Waals surface area contributed by atoms with Crippen LogP contribution in [0.25, 0.3) is 0 Å². The van der Waals surface area contributed by atoms with Crippen LogP contribution in [0.2, 0.25) is 0 Å². The van der Waals surface area contributed by atoms with Gasteiger partial charge in [0, 0.05) is 6.42 Å². The molecule has 0 aromatic carbocycles. The molecular formula is C11H18O4. The SMILES string of the molecule is COC(=O)[C@]1(O)CC[C@H]2CCCC[C@@H]2O1. The average Bonchev–Trinajstić information content (AvgIpc) is 2.27. The van der Waals surface area contributed by atoms with E-state index in [1.54, 1.807) is 0 Å². The number of rotatable bonds is 1. The Labute approximate surface area is 89.6 Å². The molecule has 0 aromatic rings. The summed E-state index contributed by atoms with van der Waals surface area (Å²) in [5.74, 6) is -1.83. The van der Waals surface area contributed by atoms with Gasteiger partial charge in [-0.3, -0.25) is 0 Å². The maximum Gasteiger partial charge on any atom is 0.366 e. The van der Waals surface area contributed by atoms with Crippen molar-refractivity contribution in [2.24, 2.45) is 5.92 Å². The molecule has 2 fully saturated rings. The first kappa shape index (κ1) is 10.9. The summed E-state index contributed by atoms with van der Waals surface area (Å²) in [7, 11) is 1.27. The standard InChI is InChI=1S/C11H18O4/c1-14-10(12)11(13)7-6-8-4-2-3-5-9(8)15-11/h8-9,13H,2-7H2,1H3/t8-,9+,11+/m1/s1. The van der Waals surface area contributed by atoms with E-state index in [9.17, 15) is 9.90 Å². The Bertz CT molecular complexity index is 253. The van der Waals surface area contributed by atoms with Gasteiger partial charge in [0.1, 0.15) is 0 Å². The van der Waals surface area contributed by atoms with Crippen molar-refractivity contribution in [3.63, 3.8) is 0 Å². The number of ether oxygens (including phenoxy) is 2. The summed E-state index contributed by atoms with van der Waals surface area (Å²) in [6, 6.07) is 0. The van der Waals surface area contributed by atoms with Gasteiger partial charge in [0.2, 0.25) is 0 Å². The van der Waals surface area contributed by atoms with E-state index < -0.39 is 11.8 Å². The van der Waals surface area contributed by atoms with Crippen molar-refractivity contribution in [1.82, 2.24) is 0 Å². The predicted molar refractivity (Wildman–Crippen MR) is 53.0 cm³/mol. The molecule has 1 saturated carbocycles. The lowest BCUT2D eigenvalue weighted by Crippen LogP contribution is -2.51. The molecule has 2 aliphatic rings. The zero-order valence-electron chi connectivity index (χ0n) is 9.07. The monoisotopic (exact) mass is 214 g/mol. The highest BCUT2D eigenvalue weighted by Gasteiger charge is 2.47. The number of carbonyl (C=O) groups excluding carboxylic acids is 1. The Morgan fingerprint density at radius 3 is 2.87 bits per heavy atom. The van der Waals surface area contributed by atoms with Crippen molar-refractivity contribution in [2.45, 2.75) is 50.4 Å². The van der Waals surface area contributed by atoms with Crippen LogP contribution < -0.4 is 0 Å². The van der Waals surface area contributed by atoms with E-state index in [2.05, 4.69) is 4.74 Å². The first-order valence-corrected chi connectivity index (χ1v) is 5.64. The molecule has 1 heterocycles. The molecule has 0 amide bonds. The van der Waals surface area contributed by atoms with Crippen molar-refractivity contribution < 1.29 is 19.4 Å². The lowest BCUT2D eigenvalue weighted by molar-refractivity contribution is -0.272. The fourth-order valence-corrected chi connectivity index (χ4v) is 2.66. The molecule has 0 spiro atoms. The third-order valence-corrected chi connectivity index (χ3v) is 3.54. The van der Waals surface area contributed by atoms with Crippen molar-refractivity contribution in [2.75, 3.05) is 7.11 Å². The van der Waals surface area contributed by atoms with Gasteiger partial charge in [0.05, 0.1) is 13.2 Å². The van der Waals surface area contributed by atoms with E-state index >= 15 is 0 Å². The van der Waals surface area contributed by atoms with Crippen LogP contribution in [0.1, 0.15) is 38.5 Å². The fraction of sp³-hybridized carbons (Fsp3) is 0.909. The molecule has 0 radical (unpaired) electrons. The van der Waals surface area contributed by atoms with Crippen LogP contribution in [0.3, 0.4) is 0 Å². The van der Waals surface area contributed by atoms with Crippen LogP contribution in [0.4, 0.5) is 0 Å². The second-order valence-corrected chi connectivity index (χ2v) is 4.52. The molecular weight excluding hydrogens is 196 g/mol. The third-order valence-electron chi connectivity index (χ3n) is 3.54. The molecule has 3 atom stereocenters. The minimum atomic E-state index is -1.69. The summed E-state index contributed by atoms with van der Waals surface area (Å²) >= 11 is 0. The van der Waals surface area contributed by atoms with E-state index in [0.717, 1.165) is 25.7 Å². The van der Waals surface area contributed by atoms with Gasteiger partial charge in [-0.15, -0.1) is 0 Å². The van der Waals surface area contributed by atoms with E-state index in [4.69, 9.17) is 4.74 Å². The summed E-state index contributed by atoms with van der Waals surface area (Å²) < 4.78 is 10.1. The molecule has 4 nitrogen and oxygen atoms in total. The molecule has 1 aliphatic carbocycles. The van der Waals surface area contributed by atoms with Gasteiger partial charge in [-0.2, -0.15) is 0 Å². The number of aliphatic hydroxyl groups is 1. The van der Waals surface area contributed by atoms with Crippen LogP contribution in [-0.2, 0) is 14.3 Å². The van der Waals surface area contributed by atoms with Crippen LogP contribution in [-0.4, -0.2) is 30.1 Å². The molecule has 2 rings (SSSR count). The van der Waals surface area contributed by atoms with Crippen molar-refractivity contribution >= 4 is 5.97 Å². The highest BCUT2D eigenvalue weighted by Crippen LogP contribution is 2.39. The van der Waals surface area contributed by atoms with Gasteiger partial charge in [0.15, 0.2) is 0 Å². The van der Waals surface area contributed by atoms with Gasteiger partial charge >= 0.3 is 5.97 Å². The largest absolute Gasteiger partial charge is 0.465 e. The number of methoxy groups -OCH3 is 1. The van der Waals surface area contributed by atoms with Gasteiger partial charge in [-0.05, 0) is 25.2 Å². The molecule has 0 unspecified atom stereocenters. The Kier molecular flexibility index (Phi) is 2.98. The number of esters is 1. The minimum Gasteiger partial charge on any atom is -0.465 e. The summed E-state index contributed by atoms with van der Waals surface area (Å²) in [5.41, 5.74) is 0. The predicted octanol–water partition coefficient (Wildman–Crippen LogP) is 1.22. The lowest BCUT2D eigenvalue weighted by atomic mass is 9.80. The Balaban J connectivity index is 2.04. The van der Waals surface area contributed by atoms with Crippen molar-refractivity contribution in [3.8, 4) is 0 Å². The zero-order valence-corrected chi connectivity index (χ0v) is 9.07. The van der Waals surface area contributed by atoms with Crippen LogP contribution in [0.5, 0.6) is 0 Å². The first-order chi connectivity index (χ1) is 7.15. The molecule has 0 bridgehead atoms. The molecule has 86 valence electrons. The minimum absolute atomic E-state index is 0.0385. The van der Waals surface area contributed by atoms with Crippen LogP contribution in [0, 0.1) is 5.92 Å². The molecule has 0 aromatic heterocycles.